The number of benzene rings is 3. The maximum absolute atomic E-state index is 14.8. The fourth-order valence-corrected chi connectivity index (χ4v) is 7.41. The Bertz CT molecular complexity index is 1570. The summed E-state index contributed by atoms with van der Waals surface area (Å²) in [5.74, 6) is -2.66. The predicted molar refractivity (Wildman–Crippen MR) is 164 cm³/mol. The number of ketones is 1. The number of halogens is 1. The first-order chi connectivity index (χ1) is 21.4. The summed E-state index contributed by atoms with van der Waals surface area (Å²) in [6, 6.07) is 20.8. The largest absolute Gasteiger partial charge is 0.338 e. The van der Waals surface area contributed by atoms with Gasteiger partial charge in [-0.1, -0.05) is 60.9 Å². The van der Waals surface area contributed by atoms with Crippen molar-refractivity contribution in [1.29, 1.82) is 5.26 Å². The number of hydrogen-bond acceptors (Lipinski definition) is 5. The van der Waals surface area contributed by atoms with Gasteiger partial charge in [-0.15, -0.1) is 0 Å². The van der Waals surface area contributed by atoms with Crippen molar-refractivity contribution in [2.24, 2.45) is 11.8 Å². The first-order valence-electron chi connectivity index (χ1n) is 15.6. The third kappa shape index (κ3) is 5.65. The van der Waals surface area contributed by atoms with Gasteiger partial charge in [-0.25, -0.2) is 4.39 Å². The van der Waals surface area contributed by atoms with E-state index in [1.807, 2.05) is 25.1 Å². The van der Waals surface area contributed by atoms with E-state index >= 15 is 0 Å². The molecule has 1 aliphatic carbocycles. The molecule has 4 unspecified atom stereocenters. The Labute approximate surface area is 257 Å². The van der Waals surface area contributed by atoms with Crippen molar-refractivity contribution >= 4 is 17.6 Å². The Morgan fingerprint density at radius 1 is 0.886 bits per heavy atom. The molecule has 3 aromatic carbocycles. The summed E-state index contributed by atoms with van der Waals surface area (Å²) in [7, 11) is 0. The van der Waals surface area contributed by atoms with Crippen molar-refractivity contribution in [1.82, 2.24) is 15.1 Å². The zero-order valence-electron chi connectivity index (χ0n) is 24.9. The van der Waals surface area contributed by atoms with Crippen molar-refractivity contribution < 1.29 is 18.8 Å². The third-order valence-corrected chi connectivity index (χ3v) is 9.55. The van der Waals surface area contributed by atoms with Gasteiger partial charge in [-0.05, 0) is 61.2 Å². The highest BCUT2D eigenvalue weighted by Gasteiger charge is 2.58. The first kappa shape index (κ1) is 29.7. The van der Waals surface area contributed by atoms with Gasteiger partial charge in [0.25, 0.3) is 0 Å². The minimum atomic E-state index is -0.953. The normalized spacial score (nSPS) is 23.8. The van der Waals surface area contributed by atoms with Gasteiger partial charge in [0.2, 0.25) is 11.8 Å². The third-order valence-electron chi connectivity index (χ3n) is 9.55. The van der Waals surface area contributed by atoms with Crippen molar-refractivity contribution in [3.63, 3.8) is 0 Å². The molecule has 6 rings (SSSR count). The van der Waals surface area contributed by atoms with Crippen molar-refractivity contribution in [3.05, 3.63) is 106 Å². The van der Waals surface area contributed by atoms with E-state index in [0.29, 0.717) is 48.4 Å². The number of nitrogens with one attached hydrogen (secondary N) is 1. The summed E-state index contributed by atoms with van der Waals surface area (Å²) in [5.41, 5.74) is 3.24. The van der Waals surface area contributed by atoms with Crippen LogP contribution >= 0.6 is 0 Å². The summed E-state index contributed by atoms with van der Waals surface area (Å²) in [5, 5.41) is 12.8. The zero-order chi connectivity index (χ0) is 30.8. The molecule has 2 saturated heterocycles. The molecule has 226 valence electrons. The molecule has 3 fully saturated rings. The molecule has 2 amide bonds. The number of carbonyl (C=O) groups is 3. The van der Waals surface area contributed by atoms with Crippen LogP contribution < -0.4 is 5.32 Å². The molecule has 4 atom stereocenters. The lowest BCUT2D eigenvalue weighted by atomic mass is 9.75. The lowest BCUT2D eigenvalue weighted by Gasteiger charge is -2.37. The Morgan fingerprint density at radius 2 is 1.55 bits per heavy atom. The van der Waals surface area contributed by atoms with Gasteiger partial charge in [0, 0.05) is 43.6 Å². The lowest BCUT2D eigenvalue weighted by molar-refractivity contribution is -0.148. The smallest absolute Gasteiger partial charge is 0.246 e. The van der Waals surface area contributed by atoms with Gasteiger partial charge in [-0.2, -0.15) is 5.26 Å². The molecule has 0 spiro atoms. The number of nitriles is 1. The van der Waals surface area contributed by atoms with E-state index in [2.05, 4.69) is 11.4 Å². The van der Waals surface area contributed by atoms with Gasteiger partial charge < -0.3 is 15.1 Å². The summed E-state index contributed by atoms with van der Waals surface area (Å²) in [6.45, 7) is 4.19. The number of rotatable bonds is 6. The van der Waals surface area contributed by atoms with Gasteiger partial charge in [-0.3, -0.25) is 14.4 Å². The summed E-state index contributed by atoms with van der Waals surface area (Å²) >= 11 is 0. The molecule has 1 N–H and O–H groups in total. The summed E-state index contributed by atoms with van der Waals surface area (Å²) < 4.78 is 14.3. The number of hydrogen-bond donors (Lipinski definition) is 1. The van der Waals surface area contributed by atoms with Crippen LogP contribution in [0.2, 0.25) is 0 Å². The van der Waals surface area contributed by atoms with E-state index in [9.17, 15) is 24.0 Å². The molecule has 3 aliphatic rings. The average Bonchev–Trinajstić information content (AvgIpc) is 3.72. The lowest BCUT2D eigenvalue weighted by Crippen LogP contribution is -2.55. The van der Waals surface area contributed by atoms with Crippen molar-refractivity contribution in [2.45, 2.75) is 50.6 Å². The van der Waals surface area contributed by atoms with Gasteiger partial charge in [0.1, 0.15) is 11.9 Å². The second kappa shape index (κ2) is 12.7. The molecule has 2 aliphatic heterocycles. The van der Waals surface area contributed by atoms with E-state index in [1.54, 1.807) is 52.3 Å². The van der Waals surface area contributed by atoms with Crippen LogP contribution in [0.3, 0.4) is 0 Å². The number of aryl methyl sites for hydroxylation is 1. The van der Waals surface area contributed by atoms with Gasteiger partial charge in [0.05, 0.1) is 23.6 Å². The Balaban J connectivity index is 1.59. The SMILES string of the molecule is Cc1cccc(C(=O)C2C(c3ccc(F)cc3)C(C(=O)N3CCNCC3)N(C(=O)C3CCCC3)C2c2ccc(C#N)cc2)c1. The predicted octanol–water partition coefficient (Wildman–Crippen LogP) is 5.16. The summed E-state index contributed by atoms with van der Waals surface area (Å²) in [4.78, 5) is 47.7. The van der Waals surface area contributed by atoms with Gasteiger partial charge in [0.15, 0.2) is 5.78 Å². The Hall–Kier alpha value is -4.35. The van der Waals surface area contributed by atoms with E-state index in [0.717, 1.165) is 31.2 Å². The van der Waals surface area contributed by atoms with E-state index in [1.165, 1.54) is 12.1 Å². The zero-order valence-corrected chi connectivity index (χ0v) is 24.9. The molecule has 0 aromatic heterocycles. The van der Waals surface area contributed by atoms with Crippen LogP contribution in [-0.2, 0) is 9.59 Å². The molecular weight excluding hydrogens is 555 g/mol. The second-order valence-electron chi connectivity index (χ2n) is 12.3. The van der Waals surface area contributed by atoms with Crippen LogP contribution in [0.15, 0.2) is 72.8 Å². The molecule has 44 heavy (non-hydrogen) atoms. The van der Waals surface area contributed by atoms with Crippen LogP contribution in [-0.4, -0.2) is 59.6 Å². The van der Waals surface area contributed by atoms with Crippen LogP contribution in [0, 0.1) is 35.9 Å². The number of nitrogens with zero attached hydrogens (tertiary/aromatic N) is 3. The van der Waals surface area contributed by atoms with Crippen LogP contribution in [0.25, 0.3) is 0 Å². The van der Waals surface area contributed by atoms with Crippen LogP contribution in [0.1, 0.15) is 70.3 Å². The monoisotopic (exact) mass is 592 g/mol. The highest BCUT2D eigenvalue weighted by Crippen LogP contribution is 2.53. The number of Topliss-reactive ketones (excluding diaryl/α,β-unsaturated/α-hetero) is 1. The van der Waals surface area contributed by atoms with E-state index in [4.69, 9.17) is 0 Å². The fraction of sp³-hybridized carbons (Fsp3) is 0.389. The van der Waals surface area contributed by atoms with Crippen molar-refractivity contribution in [3.8, 4) is 6.07 Å². The molecule has 3 aromatic rings. The van der Waals surface area contributed by atoms with Crippen LogP contribution in [0.4, 0.5) is 4.39 Å². The second-order valence-corrected chi connectivity index (χ2v) is 12.3. The minimum absolute atomic E-state index is 0.114. The molecule has 2 heterocycles. The Kier molecular flexibility index (Phi) is 8.58. The van der Waals surface area contributed by atoms with Gasteiger partial charge >= 0.3 is 0 Å². The first-order valence-corrected chi connectivity index (χ1v) is 15.6. The van der Waals surface area contributed by atoms with E-state index in [-0.39, 0.29) is 23.5 Å². The quantitative estimate of drug-likeness (QED) is 0.399. The number of piperazine rings is 1. The highest BCUT2D eigenvalue weighted by molar-refractivity contribution is 6.02. The van der Waals surface area contributed by atoms with Crippen molar-refractivity contribution in [2.75, 3.05) is 26.2 Å². The van der Waals surface area contributed by atoms with E-state index < -0.39 is 29.7 Å². The van der Waals surface area contributed by atoms with Crippen LogP contribution in [0.5, 0.6) is 0 Å². The number of likely N-dealkylation sites (tertiary alicyclic amines) is 1. The molecule has 0 radical (unpaired) electrons. The number of amides is 2. The molecule has 1 saturated carbocycles. The standard InChI is InChI=1S/C36H37FN4O3/c1-23-5-4-8-28(21-23)34(42)31-30(25-13-15-29(37)16-14-25)33(36(44)40-19-17-39-18-20-40)41(35(43)27-6-2-3-7-27)32(31)26-11-9-24(22-38)10-12-26/h4-5,8-16,21,27,30-33,39H,2-3,6-7,17-20H2,1H3. The average molecular weight is 593 g/mol. The fourth-order valence-electron chi connectivity index (χ4n) is 7.41. The molecule has 8 heteroatoms. The minimum Gasteiger partial charge on any atom is -0.338 e. The maximum Gasteiger partial charge on any atom is 0.246 e. The summed E-state index contributed by atoms with van der Waals surface area (Å²) in [6.07, 6.45) is 3.35. The molecular formula is C36H37FN4O3. The highest BCUT2D eigenvalue weighted by atomic mass is 19.1. The topological polar surface area (TPSA) is 93.5 Å². The molecule has 0 bridgehead atoms. The maximum atomic E-state index is 14.8. The molecule has 7 nitrogen and oxygen atoms in total. The number of carbonyl (C=O) groups excluding carboxylic acids is 3. The Morgan fingerprint density at radius 3 is 2.18 bits per heavy atom.